The summed E-state index contributed by atoms with van der Waals surface area (Å²) >= 11 is 0. The second kappa shape index (κ2) is 4.57. The molecule has 0 atom stereocenters. The van der Waals surface area contributed by atoms with Gasteiger partial charge in [0.25, 0.3) is 0 Å². The average Bonchev–Trinajstić information content (AvgIpc) is 2.15. The van der Waals surface area contributed by atoms with E-state index in [2.05, 4.69) is 4.98 Å². The number of aromatic nitrogens is 1. The predicted octanol–water partition coefficient (Wildman–Crippen LogP) is 0.557. The second-order valence-corrected chi connectivity index (χ2v) is 2.80. The molecule has 0 radical (unpaired) electrons. The SMILES string of the molecule is NCc1cncc(CCC(=O)O)c1. The van der Waals surface area contributed by atoms with Gasteiger partial charge in [0, 0.05) is 25.4 Å². The minimum atomic E-state index is -0.793. The Bertz CT molecular complexity index is 299. The molecule has 0 amide bonds. The van der Waals surface area contributed by atoms with Crippen LogP contribution in [0, 0.1) is 0 Å². The topological polar surface area (TPSA) is 76.2 Å². The van der Waals surface area contributed by atoms with Crippen LogP contribution in [0.2, 0.25) is 0 Å². The van der Waals surface area contributed by atoms with Gasteiger partial charge in [-0.1, -0.05) is 6.07 Å². The molecule has 0 aliphatic carbocycles. The first-order valence-electron chi connectivity index (χ1n) is 4.07. The third-order valence-electron chi connectivity index (χ3n) is 1.71. The first kappa shape index (κ1) is 9.67. The Morgan fingerprint density at radius 1 is 1.46 bits per heavy atom. The zero-order chi connectivity index (χ0) is 9.68. The summed E-state index contributed by atoms with van der Waals surface area (Å²) in [6, 6.07) is 1.88. The van der Waals surface area contributed by atoms with Crippen LogP contribution < -0.4 is 5.73 Å². The van der Waals surface area contributed by atoms with Gasteiger partial charge < -0.3 is 10.8 Å². The molecular weight excluding hydrogens is 168 g/mol. The van der Waals surface area contributed by atoms with Crippen LogP contribution in [0.3, 0.4) is 0 Å². The Kier molecular flexibility index (Phi) is 3.40. The van der Waals surface area contributed by atoms with Crippen LogP contribution in [0.15, 0.2) is 18.5 Å². The van der Waals surface area contributed by atoms with Crippen LogP contribution in [-0.2, 0) is 17.8 Å². The van der Waals surface area contributed by atoms with E-state index >= 15 is 0 Å². The number of carbonyl (C=O) groups is 1. The third-order valence-corrected chi connectivity index (χ3v) is 1.71. The van der Waals surface area contributed by atoms with E-state index in [0.717, 1.165) is 11.1 Å². The van der Waals surface area contributed by atoms with Gasteiger partial charge in [0.05, 0.1) is 0 Å². The number of nitrogens with zero attached hydrogens (tertiary/aromatic N) is 1. The molecule has 0 saturated carbocycles. The van der Waals surface area contributed by atoms with Crippen molar-refractivity contribution < 1.29 is 9.90 Å². The minimum Gasteiger partial charge on any atom is -0.481 e. The lowest BCUT2D eigenvalue weighted by Gasteiger charge is -2.00. The van der Waals surface area contributed by atoms with Crippen LogP contribution >= 0.6 is 0 Å². The van der Waals surface area contributed by atoms with Gasteiger partial charge in [-0.15, -0.1) is 0 Å². The molecule has 70 valence electrons. The van der Waals surface area contributed by atoms with Gasteiger partial charge in [0.15, 0.2) is 0 Å². The van der Waals surface area contributed by atoms with Gasteiger partial charge in [-0.25, -0.2) is 0 Å². The van der Waals surface area contributed by atoms with Gasteiger partial charge in [0.1, 0.15) is 0 Å². The normalized spacial score (nSPS) is 9.92. The highest BCUT2D eigenvalue weighted by atomic mass is 16.4. The molecule has 0 saturated heterocycles. The Balaban J connectivity index is 2.61. The maximum absolute atomic E-state index is 10.3. The fraction of sp³-hybridized carbons (Fsp3) is 0.333. The van der Waals surface area contributed by atoms with E-state index in [1.165, 1.54) is 0 Å². The number of aryl methyl sites for hydroxylation is 1. The standard InChI is InChI=1S/C9H12N2O2/c10-4-8-3-7(5-11-6-8)1-2-9(12)13/h3,5-6H,1-2,4,10H2,(H,12,13). The summed E-state index contributed by atoms with van der Waals surface area (Å²) in [5, 5.41) is 8.46. The molecule has 1 rings (SSSR count). The van der Waals surface area contributed by atoms with Gasteiger partial charge in [-0.2, -0.15) is 0 Å². The van der Waals surface area contributed by atoms with Crippen molar-refractivity contribution in [3.63, 3.8) is 0 Å². The lowest BCUT2D eigenvalue weighted by Crippen LogP contribution is -2.01. The van der Waals surface area contributed by atoms with Crippen molar-refractivity contribution >= 4 is 5.97 Å². The van der Waals surface area contributed by atoms with Crippen LogP contribution in [0.1, 0.15) is 17.5 Å². The number of carboxylic acids is 1. The summed E-state index contributed by atoms with van der Waals surface area (Å²) in [5.74, 6) is -0.793. The van der Waals surface area contributed by atoms with Crippen LogP contribution in [0.4, 0.5) is 0 Å². The average molecular weight is 180 g/mol. The Morgan fingerprint density at radius 2 is 2.15 bits per heavy atom. The summed E-state index contributed by atoms with van der Waals surface area (Å²) in [6.45, 7) is 0.438. The smallest absolute Gasteiger partial charge is 0.303 e. The number of nitrogens with two attached hydrogens (primary N) is 1. The lowest BCUT2D eigenvalue weighted by molar-refractivity contribution is -0.136. The first-order chi connectivity index (χ1) is 6.22. The van der Waals surface area contributed by atoms with Crippen molar-refractivity contribution in [2.45, 2.75) is 19.4 Å². The third kappa shape index (κ3) is 3.21. The van der Waals surface area contributed by atoms with E-state index in [1.807, 2.05) is 6.07 Å². The van der Waals surface area contributed by atoms with Crippen molar-refractivity contribution in [2.75, 3.05) is 0 Å². The zero-order valence-corrected chi connectivity index (χ0v) is 7.23. The molecule has 0 fully saturated rings. The van der Waals surface area contributed by atoms with Crippen LogP contribution in [-0.4, -0.2) is 16.1 Å². The fourth-order valence-electron chi connectivity index (χ4n) is 1.04. The highest BCUT2D eigenvalue weighted by molar-refractivity contribution is 5.67. The molecule has 3 N–H and O–H groups in total. The molecule has 0 aromatic carbocycles. The van der Waals surface area contributed by atoms with E-state index in [-0.39, 0.29) is 6.42 Å². The summed E-state index contributed by atoms with van der Waals surface area (Å²) in [5.41, 5.74) is 7.27. The highest BCUT2D eigenvalue weighted by Crippen LogP contribution is 2.04. The summed E-state index contributed by atoms with van der Waals surface area (Å²) in [4.78, 5) is 14.2. The zero-order valence-electron chi connectivity index (χ0n) is 7.23. The molecule has 13 heavy (non-hydrogen) atoms. The van der Waals surface area contributed by atoms with Crippen molar-refractivity contribution in [1.82, 2.24) is 4.98 Å². The number of aliphatic carboxylic acids is 1. The fourth-order valence-corrected chi connectivity index (χ4v) is 1.04. The highest BCUT2D eigenvalue weighted by Gasteiger charge is 1.99. The van der Waals surface area contributed by atoms with Gasteiger partial charge in [0.2, 0.25) is 0 Å². The number of carboxylic acid groups (broad SMARTS) is 1. The molecule has 1 aromatic heterocycles. The summed E-state index contributed by atoms with van der Waals surface area (Å²) in [7, 11) is 0. The van der Waals surface area contributed by atoms with Gasteiger partial charge in [-0.05, 0) is 17.5 Å². The first-order valence-corrected chi connectivity index (χ1v) is 4.07. The molecule has 1 aromatic rings. The molecule has 0 spiro atoms. The van der Waals surface area contributed by atoms with Crippen molar-refractivity contribution in [1.29, 1.82) is 0 Å². The van der Waals surface area contributed by atoms with E-state index in [0.29, 0.717) is 13.0 Å². The van der Waals surface area contributed by atoms with Crippen LogP contribution in [0.25, 0.3) is 0 Å². The van der Waals surface area contributed by atoms with Gasteiger partial charge >= 0.3 is 5.97 Å². The van der Waals surface area contributed by atoms with E-state index in [9.17, 15) is 4.79 Å². The number of rotatable bonds is 4. The Hall–Kier alpha value is -1.42. The van der Waals surface area contributed by atoms with Gasteiger partial charge in [-0.3, -0.25) is 9.78 Å². The Morgan fingerprint density at radius 3 is 2.77 bits per heavy atom. The molecule has 0 bridgehead atoms. The Labute approximate surface area is 76.4 Å². The maximum atomic E-state index is 10.3. The number of hydrogen-bond acceptors (Lipinski definition) is 3. The molecular formula is C9H12N2O2. The van der Waals surface area contributed by atoms with Crippen molar-refractivity contribution in [3.8, 4) is 0 Å². The molecule has 0 aliphatic heterocycles. The van der Waals surface area contributed by atoms with Crippen LogP contribution in [0.5, 0.6) is 0 Å². The number of pyridine rings is 1. The monoisotopic (exact) mass is 180 g/mol. The lowest BCUT2D eigenvalue weighted by atomic mass is 10.1. The van der Waals surface area contributed by atoms with Crippen molar-refractivity contribution in [2.24, 2.45) is 5.73 Å². The quantitative estimate of drug-likeness (QED) is 0.709. The molecule has 0 unspecified atom stereocenters. The second-order valence-electron chi connectivity index (χ2n) is 2.80. The summed E-state index contributed by atoms with van der Waals surface area (Å²) in [6.07, 6.45) is 4.00. The molecule has 4 heteroatoms. The maximum Gasteiger partial charge on any atom is 0.303 e. The molecule has 1 heterocycles. The molecule has 4 nitrogen and oxygen atoms in total. The predicted molar refractivity (Wildman–Crippen MR) is 48.1 cm³/mol. The summed E-state index contributed by atoms with van der Waals surface area (Å²) < 4.78 is 0. The molecule has 0 aliphatic rings. The minimum absolute atomic E-state index is 0.135. The largest absolute Gasteiger partial charge is 0.481 e. The van der Waals surface area contributed by atoms with E-state index in [1.54, 1.807) is 12.4 Å². The van der Waals surface area contributed by atoms with E-state index in [4.69, 9.17) is 10.8 Å². The number of hydrogen-bond donors (Lipinski definition) is 2. The van der Waals surface area contributed by atoms with Crippen molar-refractivity contribution in [3.05, 3.63) is 29.6 Å². The van der Waals surface area contributed by atoms with E-state index < -0.39 is 5.97 Å².